The van der Waals surface area contributed by atoms with Crippen LogP contribution in [0.3, 0.4) is 0 Å². The van der Waals surface area contributed by atoms with Crippen molar-refractivity contribution in [2.45, 2.75) is 26.8 Å². The SMILES string of the molecule is Cc1ccccc1N1C(=O)/C(=C/c2ccc3c(c2)OCO3)SC1=NC(C)C. The Balaban J connectivity index is 1.73. The third kappa shape index (κ3) is 3.45. The third-order valence-electron chi connectivity index (χ3n) is 4.23. The number of hydrogen-bond acceptors (Lipinski definition) is 5. The number of anilines is 1. The first-order valence-electron chi connectivity index (χ1n) is 8.80. The average Bonchev–Trinajstić information content (AvgIpc) is 3.20. The van der Waals surface area contributed by atoms with E-state index in [1.54, 1.807) is 4.90 Å². The molecule has 0 saturated carbocycles. The van der Waals surface area contributed by atoms with Gasteiger partial charge in [-0.25, -0.2) is 0 Å². The number of fused-ring (bicyclic) bond motifs is 1. The number of amides is 1. The summed E-state index contributed by atoms with van der Waals surface area (Å²) < 4.78 is 10.8. The van der Waals surface area contributed by atoms with Crippen molar-refractivity contribution in [3.63, 3.8) is 0 Å². The summed E-state index contributed by atoms with van der Waals surface area (Å²) in [6, 6.07) is 13.6. The van der Waals surface area contributed by atoms with E-state index in [1.807, 2.05) is 69.3 Å². The van der Waals surface area contributed by atoms with Crippen molar-refractivity contribution < 1.29 is 14.3 Å². The predicted octanol–water partition coefficient (Wildman–Crippen LogP) is 4.61. The molecule has 2 aliphatic rings. The molecule has 0 spiro atoms. The molecule has 0 unspecified atom stereocenters. The van der Waals surface area contributed by atoms with E-state index in [0.29, 0.717) is 15.8 Å². The molecule has 0 bridgehead atoms. The predicted molar refractivity (Wildman–Crippen MR) is 109 cm³/mol. The summed E-state index contributed by atoms with van der Waals surface area (Å²) in [7, 11) is 0. The Morgan fingerprint density at radius 2 is 1.93 bits per heavy atom. The van der Waals surface area contributed by atoms with Gasteiger partial charge >= 0.3 is 0 Å². The zero-order valence-corrected chi connectivity index (χ0v) is 16.2. The Morgan fingerprint density at radius 1 is 1.15 bits per heavy atom. The molecule has 2 heterocycles. The average molecular weight is 380 g/mol. The molecule has 5 nitrogen and oxygen atoms in total. The van der Waals surface area contributed by atoms with Gasteiger partial charge in [0, 0.05) is 6.04 Å². The largest absolute Gasteiger partial charge is 0.454 e. The summed E-state index contributed by atoms with van der Waals surface area (Å²) in [5.74, 6) is 1.36. The van der Waals surface area contributed by atoms with Crippen LogP contribution in [-0.2, 0) is 4.79 Å². The quantitative estimate of drug-likeness (QED) is 0.730. The second-order valence-electron chi connectivity index (χ2n) is 6.66. The summed E-state index contributed by atoms with van der Waals surface area (Å²) in [6.45, 7) is 6.25. The first-order chi connectivity index (χ1) is 13.0. The molecule has 0 aromatic heterocycles. The van der Waals surface area contributed by atoms with Crippen molar-refractivity contribution >= 4 is 34.6 Å². The smallest absolute Gasteiger partial charge is 0.271 e. The monoisotopic (exact) mass is 380 g/mol. The summed E-state index contributed by atoms with van der Waals surface area (Å²) in [5, 5.41) is 0.705. The summed E-state index contributed by atoms with van der Waals surface area (Å²) in [4.78, 5) is 20.2. The molecule has 1 saturated heterocycles. The standard InChI is InChI=1S/C21H20N2O3S/c1-13(2)22-21-23(16-7-5-4-6-14(16)3)20(24)19(27-21)11-15-8-9-17-18(10-15)26-12-25-17/h4-11,13H,12H2,1-3H3/b19-11-,22-21?. The minimum Gasteiger partial charge on any atom is -0.454 e. The van der Waals surface area contributed by atoms with Crippen LogP contribution in [0.2, 0.25) is 0 Å². The molecule has 27 heavy (non-hydrogen) atoms. The van der Waals surface area contributed by atoms with E-state index in [1.165, 1.54) is 11.8 Å². The highest BCUT2D eigenvalue weighted by Crippen LogP contribution is 2.39. The van der Waals surface area contributed by atoms with Crippen molar-refractivity contribution in [2.24, 2.45) is 4.99 Å². The first-order valence-corrected chi connectivity index (χ1v) is 9.61. The van der Waals surface area contributed by atoms with Gasteiger partial charge in [-0.1, -0.05) is 24.3 Å². The number of nitrogens with zero attached hydrogens (tertiary/aromatic N) is 2. The molecular weight excluding hydrogens is 360 g/mol. The molecular formula is C21H20N2O3S. The zero-order valence-electron chi connectivity index (χ0n) is 15.4. The zero-order chi connectivity index (χ0) is 19.0. The van der Waals surface area contributed by atoms with Crippen LogP contribution in [-0.4, -0.2) is 23.9 Å². The van der Waals surface area contributed by atoms with Crippen LogP contribution in [0.5, 0.6) is 11.5 Å². The Bertz CT molecular complexity index is 966. The Labute approximate surface area is 162 Å². The maximum absolute atomic E-state index is 13.2. The van der Waals surface area contributed by atoms with Gasteiger partial charge in [-0.3, -0.25) is 14.7 Å². The first kappa shape index (κ1) is 17.7. The van der Waals surface area contributed by atoms with E-state index in [9.17, 15) is 4.79 Å². The number of aryl methyl sites for hydroxylation is 1. The van der Waals surface area contributed by atoms with E-state index in [4.69, 9.17) is 9.47 Å². The van der Waals surface area contributed by atoms with Crippen molar-refractivity contribution in [2.75, 3.05) is 11.7 Å². The highest BCUT2D eigenvalue weighted by molar-refractivity contribution is 8.19. The lowest BCUT2D eigenvalue weighted by Gasteiger charge is -2.18. The topological polar surface area (TPSA) is 51.1 Å². The number of para-hydroxylation sites is 1. The van der Waals surface area contributed by atoms with Crippen LogP contribution < -0.4 is 14.4 Å². The van der Waals surface area contributed by atoms with Crippen LogP contribution in [0.4, 0.5) is 5.69 Å². The lowest BCUT2D eigenvalue weighted by Crippen LogP contribution is -2.30. The van der Waals surface area contributed by atoms with Crippen molar-refractivity contribution in [1.82, 2.24) is 0 Å². The number of benzene rings is 2. The molecule has 6 heteroatoms. The molecule has 1 fully saturated rings. The fourth-order valence-electron chi connectivity index (χ4n) is 2.96. The van der Waals surface area contributed by atoms with Gasteiger partial charge in [-0.2, -0.15) is 0 Å². The van der Waals surface area contributed by atoms with E-state index < -0.39 is 0 Å². The molecule has 0 N–H and O–H groups in total. The lowest BCUT2D eigenvalue weighted by molar-refractivity contribution is -0.113. The summed E-state index contributed by atoms with van der Waals surface area (Å²) in [5.41, 5.74) is 2.79. The van der Waals surface area contributed by atoms with E-state index in [-0.39, 0.29) is 18.7 Å². The number of aliphatic imine (C=N–C) groups is 1. The normalized spacial score (nSPS) is 19.0. The van der Waals surface area contributed by atoms with Crippen LogP contribution in [0, 0.1) is 6.92 Å². The minimum atomic E-state index is -0.0635. The minimum absolute atomic E-state index is 0.0635. The highest BCUT2D eigenvalue weighted by atomic mass is 32.2. The van der Waals surface area contributed by atoms with Gasteiger partial charge in [0.15, 0.2) is 16.7 Å². The van der Waals surface area contributed by atoms with Crippen molar-refractivity contribution in [3.05, 3.63) is 58.5 Å². The van der Waals surface area contributed by atoms with Crippen LogP contribution in [0.1, 0.15) is 25.0 Å². The molecule has 2 aromatic carbocycles. The number of carbonyl (C=O) groups excluding carboxylic acids is 1. The van der Waals surface area contributed by atoms with Crippen LogP contribution >= 0.6 is 11.8 Å². The van der Waals surface area contributed by atoms with Gasteiger partial charge in [0.2, 0.25) is 6.79 Å². The van der Waals surface area contributed by atoms with Gasteiger partial charge in [0.25, 0.3) is 5.91 Å². The summed E-state index contributed by atoms with van der Waals surface area (Å²) >= 11 is 1.40. The molecule has 0 radical (unpaired) electrons. The number of hydrogen-bond donors (Lipinski definition) is 0. The van der Waals surface area contributed by atoms with Crippen molar-refractivity contribution in [1.29, 1.82) is 0 Å². The molecule has 1 amide bonds. The van der Waals surface area contributed by atoms with Gasteiger partial charge in [0.1, 0.15) is 0 Å². The summed E-state index contributed by atoms with van der Waals surface area (Å²) in [6.07, 6.45) is 1.88. The fourth-order valence-corrected chi connectivity index (χ4v) is 4.07. The maximum atomic E-state index is 13.2. The van der Waals surface area contributed by atoms with E-state index in [2.05, 4.69) is 4.99 Å². The third-order valence-corrected chi connectivity index (χ3v) is 5.21. The Hall–Kier alpha value is -2.73. The second-order valence-corrected chi connectivity index (χ2v) is 7.66. The Morgan fingerprint density at radius 3 is 2.70 bits per heavy atom. The van der Waals surface area contributed by atoms with Gasteiger partial charge in [0.05, 0.1) is 10.6 Å². The molecule has 4 rings (SSSR count). The van der Waals surface area contributed by atoms with Crippen LogP contribution in [0.25, 0.3) is 6.08 Å². The number of thioether (sulfide) groups is 1. The second kappa shape index (κ2) is 7.12. The highest BCUT2D eigenvalue weighted by Gasteiger charge is 2.35. The number of amidine groups is 1. The molecule has 0 aliphatic carbocycles. The fraction of sp³-hybridized carbons (Fsp3) is 0.238. The van der Waals surface area contributed by atoms with E-state index in [0.717, 1.165) is 22.6 Å². The number of carbonyl (C=O) groups is 1. The van der Waals surface area contributed by atoms with Crippen molar-refractivity contribution in [3.8, 4) is 11.5 Å². The van der Waals surface area contributed by atoms with E-state index >= 15 is 0 Å². The molecule has 138 valence electrons. The number of rotatable bonds is 3. The van der Waals surface area contributed by atoms with Gasteiger partial charge < -0.3 is 9.47 Å². The Kier molecular flexibility index (Phi) is 4.66. The molecule has 0 atom stereocenters. The van der Waals surface area contributed by atoms with Crippen LogP contribution in [0.15, 0.2) is 52.4 Å². The maximum Gasteiger partial charge on any atom is 0.271 e. The molecule has 2 aromatic rings. The van der Waals surface area contributed by atoms with Gasteiger partial charge in [-0.15, -0.1) is 0 Å². The molecule has 2 aliphatic heterocycles. The van der Waals surface area contributed by atoms with Gasteiger partial charge in [-0.05, 0) is 67.9 Å². The lowest BCUT2D eigenvalue weighted by atomic mass is 10.1. The number of ether oxygens (including phenoxy) is 2.